The number of ether oxygens (including phenoxy) is 1. The van der Waals surface area contributed by atoms with Gasteiger partial charge in [0.1, 0.15) is 5.75 Å². The Labute approximate surface area is 117 Å². The number of aromatic nitrogens is 2. The second-order valence-corrected chi connectivity index (χ2v) is 4.33. The number of alkyl halides is 3. The molecule has 0 aliphatic carbocycles. The van der Waals surface area contributed by atoms with Gasteiger partial charge in [0.2, 0.25) is 0 Å². The van der Waals surface area contributed by atoms with Crippen LogP contribution in [0.1, 0.15) is 21.7 Å². The molecule has 0 aliphatic rings. The van der Waals surface area contributed by atoms with Crippen LogP contribution in [0.25, 0.3) is 11.1 Å². The summed E-state index contributed by atoms with van der Waals surface area (Å²) in [5, 5.41) is 15.1. The van der Waals surface area contributed by atoms with E-state index in [4.69, 9.17) is 9.84 Å². The van der Waals surface area contributed by atoms with Crippen molar-refractivity contribution in [3.05, 3.63) is 35.2 Å². The second kappa shape index (κ2) is 5.12. The lowest BCUT2D eigenvalue weighted by molar-refractivity contribution is -0.137. The highest BCUT2D eigenvalue weighted by Crippen LogP contribution is 2.37. The van der Waals surface area contributed by atoms with Crippen LogP contribution in [0.15, 0.2) is 18.2 Å². The van der Waals surface area contributed by atoms with E-state index in [0.717, 1.165) is 12.1 Å². The summed E-state index contributed by atoms with van der Waals surface area (Å²) in [5.41, 5.74) is -0.728. The van der Waals surface area contributed by atoms with Crippen LogP contribution in [0.3, 0.4) is 0 Å². The SMILES string of the molecule is COc1cc(-c2c(C(=O)O)n[nH]c2C)cc(C(F)(F)F)c1. The summed E-state index contributed by atoms with van der Waals surface area (Å²) in [5.74, 6) is -1.34. The number of carboxylic acid groups (broad SMARTS) is 1. The maximum Gasteiger partial charge on any atom is 0.416 e. The molecule has 2 rings (SSSR count). The molecule has 0 fully saturated rings. The normalized spacial score (nSPS) is 11.5. The highest BCUT2D eigenvalue weighted by molar-refractivity contribution is 5.95. The smallest absolute Gasteiger partial charge is 0.416 e. The molecule has 0 saturated heterocycles. The molecule has 0 unspecified atom stereocenters. The van der Waals surface area contributed by atoms with Crippen LogP contribution >= 0.6 is 0 Å². The molecule has 0 aliphatic heterocycles. The number of aromatic carboxylic acids is 1. The van der Waals surface area contributed by atoms with Crippen LogP contribution in [-0.4, -0.2) is 28.4 Å². The van der Waals surface area contributed by atoms with Gasteiger partial charge in [-0.15, -0.1) is 0 Å². The molecule has 21 heavy (non-hydrogen) atoms. The van der Waals surface area contributed by atoms with Gasteiger partial charge in [-0.3, -0.25) is 5.10 Å². The number of aromatic amines is 1. The number of H-pyrrole nitrogens is 1. The van der Waals surface area contributed by atoms with Gasteiger partial charge in [-0.25, -0.2) is 4.79 Å². The van der Waals surface area contributed by atoms with Crippen LogP contribution in [0.5, 0.6) is 5.75 Å². The van der Waals surface area contributed by atoms with Crippen molar-refractivity contribution in [3.8, 4) is 16.9 Å². The van der Waals surface area contributed by atoms with Gasteiger partial charge in [0.25, 0.3) is 0 Å². The van der Waals surface area contributed by atoms with Crippen molar-refractivity contribution in [2.45, 2.75) is 13.1 Å². The summed E-state index contributed by atoms with van der Waals surface area (Å²) >= 11 is 0. The van der Waals surface area contributed by atoms with Crippen molar-refractivity contribution in [2.75, 3.05) is 7.11 Å². The number of benzene rings is 1. The molecule has 0 bridgehead atoms. The number of nitrogens with zero attached hydrogens (tertiary/aromatic N) is 1. The molecular weight excluding hydrogens is 289 g/mol. The molecular formula is C13H11F3N2O3. The molecule has 5 nitrogen and oxygen atoms in total. The van der Waals surface area contributed by atoms with Gasteiger partial charge in [-0.1, -0.05) is 0 Å². The van der Waals surface area contributed by atoms with Gasteiger partial charge >= 0.3 is 12.1 Å². The first-order chi connectivity index (χ1) is 9.74. The molecule has 0 amide bonds. The van der Waals surface area contributed by atoms with E-state index in [0.29, 0.717) is 5.69 Å². The molecule has 0 saturated carbocycles. The van der Waals surface area contributed by atoms with Crippen LogP contribution < -0.4 is 4.74 Å². The van der Waals surface area contributed by atoms with Gasteiger partial charge < -0.3 is 9.84 Å². The quantitative estimate of drug-likeness (QED) is 0.913. The Bertz CT molecular complexity index is 692. The average Bonchev–Trinajstić information content (AvgIpc) is 2.79. The van der Waals surface area contributed by atoms with Crippen molar-refractivity contribution in [1.29, 1.82) is 0 Å². The Balaban J connectivity index is 2.70. The van der Waals surface area contributed by atoms with Crippen molar-refractivity contribution in [2.24, 2.45) is 0 Å². The van der Waals surface area contributed by atoms with Crippen molar-refractivity contribution in [1.82, 2.24) is 10.2 Å². The number of methoxy groups -OCH3 is 1. The molecule has 2 aromatic rings. The maximum atomic E-state index is 12.9. The van der Waals surface area contributed by atoms with Crippen molar-refractivity contribution in [3.63, 3.8) is 0 Å². The van der Waals surface area contributed by atoms with Crippen LogP contribution in [0, 0.1) is 6.92 Å². The number of halogens is 3. The van der Waals surface area contributed by atoms with Crippen molar-refractivity contribution >= 4 is 5.97 Å². The summed E-state index contributed by atoms with van der Waals surface area (Å²) in [6.07, 6.45) is -4.57. The summed E-state index contributed by atoms with van der Waals surface area (Å²) in [6, 6.07) is 3.05. The van der Waals surface area contributed by atoms with E-state index in [2.05, 4.69) is 10.2 Å². The minimum atomic E-state index is -4.57. The third kappa shape index (κ3) is 2.83. The van der Waals surface area contributed by atoms with Gasteiger partial charge in [-0.05, 0) is 30.7 Å². The average molecular weight is 300 g/mol. The molecule has 1 aromatic heterocycles. The van der Waals surface area contributed by atoms with Crippen LogP contribution in [0.4, 0.5) is 13.2 Å². The van der Waals surface area contributed by atoms with Gasteiger partial charge in [0.15, 0.2) is 5.69 Å². The fourth-order valence-corrected chi connectivity index (χ4v) is 1.96. The number of nitrogens with one attached hydrogen (secondary N) is 1. The largest absolute Gasteiger partial charge is 0.497 e. The third-order valence-corrected chi connectivity index (χ3v) is 2.91. The van der Waals surface area contributed by atoms with Gasteiger partial charge in [0.05, 0.1) is 12.7 Å². The van der Waals surface area contributed by atoms with Gasteiger partial charge in [0, 0.05) is 11.3 Å². The van der Waals surface area contributed by atoms with Crippen LogP contribution in [0.2, 0.25) is 0 Å². The topological polar surface area (TPSA) is 75.2 Å². The predicted octanol–water partition coefficient (Wildman–Crippen LogP) is 3.11. The lowest BCUT2D eigenvalue weighted by Crippen LogP contribution is -2.06. The highest BCUT2D eigenvalue weighted by Gasteiger charge is 2.32. The second-order valence-electron chi connectivity index (χ2n) is 4.33. The number of aryl methyl sites for hydroxylation is 1. The number of rotatable bonds is 3. The number of carbonyl (C=O) groups is 1. The fourth-order valence-electron chi connectivity index (χ4n) is 1.96. The van der Waals surface area contributed by atoms with Crippen LogP contribution in [-0.2, 0) is 6.18 Å². The molecule has 1 aromatic carbocycles. The van der Waals surface area contributed by atoms with E-state index in [1.54, 1.807) is 0 Å². The zero-order valence-electron chi connectivity index (χ0n) is 11.1. The number of hydrogen-bond donors (Lipinski definition) is 2. The lowest BCUT2D eigenvalue weighted by Gasteiger charge is -2.12. The first-order valence-corrected chi connectivity index (χ1v) is 5.79. The highest BCUT2D eigenvalue weighted by atomic mass is 19.4. The predicted molar refractivity (Wildman–Crippen MR) is 67.3 cm³/mol. The van der Waals surface area contributed by atoms with E-state index >= 15 is 0 Å². The van der Waals surface area contributed by atoms with E-state index in [1.807, 2.05) is 0 Å². The number of hydrogen-bond acceptors (Lipinski definition) is 3. The lowest BCUT2D eigenvalue weighted by atomic mass is 10.00. The third-order valence-electron chi connectivity index (χ3n) is 2.91. The molecule has 0 spiro atoms. The molecule has 0 atom stereocenters. The van der Waals surface area contributed by atoms with E-state index in [-0.39, 0.29) is 22.6 Å². The summed E-state index contributed by atoms with van der Waals surface area (Å²) < 4.78 is 43.5. The summed E-state index contributed by atoms with van der Waals surface area (Å²) in [7, 11) is 1.24. The Morgan fingerprint density at radius 3 is 2.52 bits per heavy atom. The monoisotopic (exact) mass is 300 g/mol. The molecule has 112 valence electrons. The zero-order chi connectivity index (χ0) is 15.8. The van der Waals surface area contributed by atoms with E-state index in [9.17, 15) is 18.0 Å². The first kappa shape index (κ1) is 14.9. The standard InChI is InChI=1S/C13H11F3N2O3/c1-6-10(11(12(19)20)18-17-6)7-3-8(13(14,15)16)5-9(4-7)21-2/h3-5H,1-2H3,(H,17,18)(H,19,20). The van der Waals surface area contributed by atoms with Gasteiger partial charge in [-0.2, -0.15) is 18.3 Å². The zero-order valence-corrected chi connectivity index (χ0v) is 11.1. The minimum Gasteiger partial charge on any atom is -0.497 e. The Kier molecular flexibility index (Phi) is 3.63. The Morgan fingerprint density at radius 1 is 1.33 bits per heavy atom. The van der Waals surface area contributed by atoms with E-state index < -0.39 is 17.7 Å². The molecule has 0 radical (unpaired) electrons. The van der Waals surface area contributed by atoms with Crippen molar-refractivity contribution < 1.29 is 27.8 Å². The Morgan fingerprint density at radius 2 is 2.00 bits per heavy atom. The summed E-state index contributed by atoms with van der Waals surface area (Å²) in [6.45, 7) is 1.53. The number of carboxylic acids is 1. The maximum absolute atomic E-state index is 12.9. The Hall–Kier alpha value is -2.51. The van der Waals surface area contributed by atoms with E-state index in [1.165, 1.54) is 20.1 Å². The fraction of sp³-hybridized carbons (Fsp3) is 0.231. The molecule has 1 heterocycles. The molecule has 8 heteroatoms. The first-order valence-electron chi connectivity index (χ1n) is 5.79. The summed E-state index contributed by atoms with van der Waals surface area (Å²) in [4.78, 5) is 11.1. The minimum absolute atomic E-state index is 0.0169. The molecule has 2 N–H and O–H groups in total.